The molecule has 0 aliphatic rings. The predicted octanol–water partition coefficient (Wildman–Crippen LogP) is 2.77. The monoisotopic (exact) mass is 420 g/mol. The Kier molecular flexibility index (Phi) is 8.98. The third-order valence-corrected chi connectivity index (χ3v) is 4.36. The average Bonchev–Trinajstić information content (AvgIpc) is 3.23. The van der Waals surface area contributed by atoms with Gasteiger partial charge in [-0.05, 0) is 43.5 Å². The van der Waals surface area contributed by atoms with Gasteiger partial charge in [0.2, 0.25) is 0 Å². The molecule has 162 valence electrons. The molecular formula is C20H24N2O8. The molecule has 1 heterocycles. The van der Waals surface area contributed by atoms with E-state index in [1.807, 2.05) is 6.92 Å². The van der Waals surface area contributed by atoms with E-state index in [2.05, 4.69) is 5.32 Å². The predicted molar refractivity (Wildman–Crippen MR) is 105 cm³/mol. The number of carbonyl (C=O) groups is 2. The fourth-order valence-electron chi connectivity index (χ4n) is 2.73. The van der Waals surface area contributed by atoms with Gasteiger partial charge in [-0.15, -0.1) is 0 Å². The molecule has 2 N–H and O–H groups in total. The Morgan fingerprint density at radius 3 is 2.53 bits per heavy atom. The summed E-state index contributed by atoms with van der Waals surface area (Å²) >= 11 is 0. The van der Waals surface area contributed by atoms with Crippen LogP contribution in [0.25, 0.3) is 0 Å². The van der Waals surface area contributed by atoms with E-state index in [0.29, 0.717) is 19.4 Å². The molecule has 0 saturated carbocycles. The summed E-state index contributed by atoms with van der Waals surface area (Å²) in [5, 5.41) is 22.6. The molecule has 2 atom stereocenters. The van der Waals surface area contributed by atoms with Crippen LogP contribution in [0.15, 0.2) is 47.3 Å². The summed E-state index contributed by atoms with van der Waals surface area (Å²) in [6.45, 7) is 2.40. The highest BCUT2D eigenvalue weighted by Gasteiger charge is 2.23. The molecule has 0 spiro atoms. The third kappa shape index (κ3) is 7.30. The van der Waals surface area contributed by atoms with Crippen LogP contribution >= 0.6 is 0 Å². The van der Waals surface area contributed by atoms with Crippen molar-refractivity contribution in [3.05, 3.63) is 64.1 Å². The Morgan fingerprint density at radius 2 is 1.97 bits per heavy atom. The van der Waals surface area contributed by atoms with Gasteiger partial charge in [-0.3, -0.25) is 14.9 Å². The highest BCUT2D eigenvalue weighted by atomic mass is 16.7. The lowest BCUT2D eigenvalue weighted by Gasteiger charge is -2.20. The van der Waals surface area contributed by atoms with Crippen molar-refractivity contribution in [1.29, 1.82) is 0 Å². The second kappa shape index (κ2) is 11.7. The Labute approximate surface area is 172 Å². The molecule has 1 amide bonds. The number of nitro benzene ring substituents is 1. The van der Waals surface area contributed by atoms with E-state index in [4.69, 9.17) is 13.9 Å². The SMILES string of the molecule is CCOCOC(CC[C@H](NC(=O)c1ccc([N+](=O)[O-])cc1)C(=O)O)Cc1ccoc1. The number of nitrogens with zero attached hydrogens (tertiary/aromatic N) is 1. The van der Waals surface area contributed by atoms with Crippen LogP contribution in [0.3, 0.4) is 0 Å². The van der Waals surface area contributed by atoms with Gasteiger partial charge in [0.15, 0.2) is 0 Å². The van der Waals surface area contributed by atoms with E-state index in [1.165, 1.54) is 24.3 Å². The lowest BCUT2D eigenvalue weighted by Crippen LogP contribution is -2.41. The van der Waals surface area contributed by atoms with Crippen LogP contribution in [0.5, 0.6) is 0 Å². The van der Waals surface area contributed by atoms with Crippen molar-refractivity contribution in [3.8, 4) is 0 Å². The zero-order chi connectivity index (χ0) is 21.9. The molecule has 0 aliphatic carbocycles. The minimum absolute atomic E-state index is 0.0753. The maximum atomic E-state index is 12.3. The Balaban J connectivity index is 1.97. The summed E-state index contributed by atoms with van der Waals surface area (Å²) < 4.78 is 15.9. The summed E-state index contributed by atoms with van der Waals surface area (Å²) in [7, 11) is 0. The van der Waals surface area contributed by atoms with E-state index in [1.54, 1.807) is 18.6 Å². The first-order valence-corrected chi connectivity index (χ1v) is 9.39. The van der Waals surface area contributed by atoms with Crippen LogP contribution in [-0.4, -0.2) is 47.5 Å². The van der Waals surface area contributed by atoms with Gasteiger partial charge in [0.25, 0.3) is 11.6 Å². The minimum Gasteiger partial charge on any atom is -0.480 e. The van der Waals surface area contributed by atoms with Crippen molar-refractivity contribution in [2.24, 2.45) is 0 Å². The number of aliphatic carboxylic acids is 1. The third-order valence-electron chi connectivity index (χ3n) is 4.36. The lowest BCUT2D eigenvalue weighted by molar-refractivity contribution is -0.384. The molecule has 2 aromatic rings. The molecule has 0 aliphatic heterocycles. The molecular weight excluding hydrogens is 396 g/mol. The number of hydrogen-bond acceptors (Lipinski definition) is 7. The number of benzene rings is 1. The molecule has 10 nitrogen and oxygen atoms in total. The van der Waals surface area contributed by atoms with Crippen molar-refractivity contribution in [2.75, 3.05) is 13.4 Å². The zero-order valence-electron chi connectivity index (χ0n) is 16.5. The number of ether oxygens (including phenoxy) is 2. The molecule has 0 fully saturated rings. The lowest BCUT2D eigenvalue weighted by atomic mass is 10.0. The first kappa shape index (κ1) is 23.0. The second-order valence-corrected chi connectivity index (χ2v) is 6.48. The average molecular weight is 420 g/mol. The number of non-ortho nitro benzene ring substituents is 1. The van der Waals surface area contributed by atoms with Crippen LogP contribution in [-0.2, 0) is 20.7 Å². The highest BCUT2D eigenvalue weighted by Crippen LogP contribution is 2.15. The first-order valence-electron chi connectivity index (χ1n) is 9.39. The van der Waals surface area contributed by atoms with Gasteiger partial charge in [0, 0.05) is 30.7 Å². The number of nitro groups is 1. The van der Waals surface area contributed by atoms with E-state index in [9.17, 15) is 24.8 Å². The van der Waals surface area contributed by atoms with Crippen molar-refractivity contribution < 1.29 is 33.5 Å². The summed E-state index contributed by atoms with van der Waals surface area (Å²) in [6.07, 6.45) is 3.79. The number of carboxylic acids is 1. The van der Waals surface area contributed by atoms with E-state index >= 15 is 0 Å². The van der Waals surface area contributed by atoms with Gasteiger partial charge in [0.05, 0.1) is 23.6 Å². The van der Waals surface area contributed by atoms with Crippen molar-refractivity contribution in [1.82, 2.24) is 5.32 Å². The standard InChI is InChI=1S/C20H24N2O8/c1-2-28-13-30-17(11-14-9-10-29-12-14)7-8-18(20(24)25)21-19(23)15-3-5-16(6-4-15)22(26)27/h3-6,9-10,12,17-18H,2,7-8,11,13H2,1H3,(H,21,23)(H,24,25)/t17?,18-/m0/s1. The topological polar surface area (TPSA) is 141 Å². The van der Waals surface area contributed by atoms with Gasteiger partial charge in [-0.25, -0.2) is 4.79 Å². The largest absolute Gasteiger partial charge is 0.480 e. The molecule has 30 heavy (non-hydrogen) atoms. The quantitative estimate of drug-likeness (QED) is 0.218. The number of carbonyl (C=O) groups excluding carboxylic acids is 1. The van der Waals surface area contributed by atoms with Crippen LogP contribution in [0.2, 0.25) is 0 Å². The number of rotatable bonds is 13. The number of furan rings is 1. The Bertz CT molecular complexity index is 820. The van der Waals surface area contributed by atoms with Gasteiger partial charge in [-0.2, -0.15) is 0 Å². The Morgan fingerprint density at radius 1 is 1.23 bits per heavy atom. The molecule has 10 heteroatoms. The van der Waals surface area contributed by atoms with Gasteiger partial charge in [-0.1, -0.05) is 0 Å². The highest BCUT2D eigenvalue weighted by molar-refractivity contribution is 5.96. The normalized spacial score (nSPS) is 12.8. The molecule has 2 rings (SSSR count). The molecule has 1 unspecified atom stereocenters. The zero-order valence-corrected chi connectivity index (χ0v) is 16.5. The molecule has 1 aromatic heterocycles. The fraction of sp³-hybridized carbons (Fsp3) is 0.400. The fourth-order valence-corrected chi connectivity index (χ4v) is 2.73. The maximum Gasteiger partial charge on any atom is 0.326 e. The molecule has 0 bridgehead atoms. The van der Waals surface area contributed by atoms with Crippen molar-refractivity contribution >= 4 is 17.6 Å². The molecule has 1 aromatic carbocycles. The summed E-state index contributed by atoms with van der Waals surface area (Å²) in [4.78, 5) is 34.1. The van der Waals surface area contributed by atoms with Crippen molar-refractivity contribution in [3.63, 3.8) is 0 Å². The Hall–Kier alpha value is -3.24. The van der Waals surface area contributed by atoms with Gasteiger partial charge in [0.1, 0.15) is 12.8 Å². The van der Waals surface area contributed by atoms with Crippen molar-refractivity contribution in [2.45, 2.75) is 38.3 Å². The number of nitrogens with one attached hydrogen (secondary N) is 1. The number of carboxylic acid groups (broad SMARTS) is 1. The second-order valence-electron chi connectivity index (χ2n) is 6.48. The first-order chi connectivity index (χ1) is 14.4. The maximum absolute atomic E-state index is 12.3. The summed E-state index contributed by atoms with van der Waals surface area (Å²) in [5.74, 6) is -1.81. The molecule has 0 radical (unpaired) electrons. The minimum atomic E-state index is -1.18. The van der Waals surface area contributed by atoms with E-state index in [0.717, 1.165) is 5.56 Å². The van der Waals surface area contributed by atoms with E-state index in [-0.39, 0.29) is 30.6 Å². The smallest absolute Gasteiger partial charge is 0.326 e. The summed E-state index contributed by atoms with van der Waals surface area (Å²) in [5.41, 5.74) is 0.877. The van der Waals surface area contributed by atoms with Crippen LogP contribution in [0, 0.1) is 10.1 Å². The van der Waals surface area contributed by atoms with Gasteiger partial charge >= 0.3 is 5.97 Å². The summed E-state index contributed by atoms with van der Waals surface area (Å²) in [6, 6.07) is 5.58. The number of hydrogen-bond donors (Lipinski definition) is 2. The van der Waals surface area contributed by atoms with Crippen LogP contribution in [0.1, 0.15) is 35.7 Å². The van der Waals surface area contributed by atoms with E-state index < -0.39 is 22.8 Å². The number of amides is 1. The van der Waals surface area contributed by atoms with Crippen LogP contribution < -0.4 is 5.32 Å². The van der Waals surface area contributed by atoms with Gasteiger partial charge < -0.3 is 24.3 Å². The molecule has 0 saturated heterocycles. The van der Waals surface area contributed by atoms with Crippen LogP contribution in [0.4, 0.5) is 5.69 Å².